The van der Waals surface area contributed by atoms with Crippen LogP contribution in [-0.4, -0.2) is 42.4 Å². The normalized spacial score (nSPS) is 27.0. The molecule has 2 fully saturated rings. The molecular weight excluding hydrogens is 278 g/mol. The number of nitrogens with zero attached hydrogens (tertiary/aromatic N) is 1. The highest BCUT2D eigenvalue weighted by Crippen LogP contribution is 2.25. The van der Waals surface area contributed by atoms with Crippen molar-refractivity contribution in [1.29, 1.82) is 0 Å². The zero-order valence-electron chi connectivity index (χ0n) is 14.0. The van der Waals surface area contributed by atoms with E-state index in [0.717, 1.165) is 25.7 Å². The first kappa shape index (κ1) is 17.3. The van der Waals surface area contributed by atoms with Crippen molar-refractivity contribution in [2.75, 3.05) is 19.6 Å². The number of nitrogens with two attached hydrogens (primary N) is 1. The minimum Gasteiger partial charge on any atom is -0.353 e. The van der Waals surface area contributed by atoms with Crippen molar-refractivity contribution < 1.29 is 9.59 Å². The van der Waals surface area contributed by atoms with E-state index in [-0.39, 0.29) is 29.7 Å². The largest absolute Gasteiger partial charge is 0.353 e. The van der Waals surface area contributed by atoms with Crippen LogP contribution < -0.4 is 11.1 Å². The maximum absolute atomic E-state index is 12.5. The Hall–Kier alpha value is -1.10. The molecule has 2 unspecified atom stereocenters. The van der Waals surface area contributed by atoms with Gasteiger partial charge in [0.2, 0.25) is 11.8 Å². The van der Waals surface area contributed by atoms with Crippen LogP contribution in [0.2, 0.25) is 0 Å². The second kappa shape index (κ2) is 7.95. The lowest BCUT2D eigenvalue weighted by Gasteiger charge is -2.35. The van der Waals surface area contributed by atoms with Gasteiger partial charge in [0.15, 0.2) is 0 Å². The van der Waals surface area contributed by atoms with Crippen molar-refractivity contribution >= 4 is 11.8 Å². The van der Waals surface area contributed by atoms with Crippen LogP contribution in [0.3, 0.4) is 0 Å². The lowest BCUT2D eigenvalue weighted by Crippen LogP contribution is -2.49. The van der Waals surface area contributed by atoms with Crippen LogP contribution in [0.4, 0.5) is 0 Å². The highest BCUT2D eigenvalue weighted by atomic mass is 16.2. The van der Waals surface area contributed by atoms with Crippen LogP contribution in [0.15, 0.2) is 0 Å². The summed E-state index contributed by atoms with van der Waals surface area (Å²) in [6, 6.07) is 0.251. The van der Waals surface area contributed by atoms with Crippen LogP contribution in [0.1, 0.15) is 52.4 Å². The lowest BCUT2D eigenvalue weighted by molar-refractivity contribution is -0.138. The molecule has 1 heterocycles. The Labute approximate surface area is 134 Å². The second-order valence-electron chi connectivity index (χ2n) is 7.15. The Balaban J connectivity index is 1.81. The van der Waals surface area contributed by atoms with Crippen molar-refractivity contribution in [2.24, 2.45) is 23.5 Å². The molecule has 5 heteroatoms. The quantitative estimate of drug-likeness (QED) is 0.826. The third-order valence-electron chi connectivity index (χ3n) is 5.21. The average Bonchev–Trinajstić information content (AvgIpc) is 2.54. The molecule has 22 heavy (non-hydrogen) atoms. The van der Waals surface area contributed by atoms with Crippen LogP contribution in [-0.2, 0) is 9.59 Å². The van der Waals surface area contributed by atoms with Crippen LogP contribution in [0.5, 0.6) is 0 Å². The van der Waals surface area contributed by atoms with E-state index < -0.39 is 0 Å². The van der Waals surface area contributed by atoms with E-state index in [4.69, 9.17) is 5.73 Å². The van der Waals surface area contributed by atoms with Gasteiger partial charge < -0.3 is 16.0 Å². The Morgan fingerprint density at radius 2 is 1.77 bits per heavy atom. The number of hydrogen-bond donors (Lipinski definition) is 2. The fourth-order valence-corrected chi connectivity index (χ4v) is 3.71. The number of carbonyl (C=O) groups excluding carboxylic acids is 2. The number of hydrogen-bond acceptors (Lipinski definition) is 3. The third-order valence-corrected chi connectivity index (χ3v) is 5.21. The van der Waals surface area contributed by atoms with E-state index in [0.29, 0.717) is 25.6 Å². The number of nitrogens with one attached hydrogen (secondary N) is 1. The molecule has 2 amide bonds. The van der Waals surface area contributed by atoms with Crippen LogP contribution in [0, 0.1) is 17.8 Å². The average molecular weight is 309 g/mol. The molecule has 0 radical (unpaired) electrons. The van der Waals surface area contributed by atoms with Gasteiger partial charge in [-0.05, 0) is 38.1 Å². The predicted molar refractivity (Wildman–Crippen MR) is 87.1 cm³/mol. The fourth-order valence-electron chi connectivity index (χ4n) is 3.71. The monoisotopic (exact) mass is 309 g/mol. The Morgan fingerprint density at radius 1 is 1.14 bits per heavy atom. The Bertz CT molecular complexity index is 389. The van der Waals surface area contributed by atoms with Crippen molar-refractivity contribution in [3.63, 3.8) is 0 Å². The van der Waals surface area contributed by atoms with Crippen molar-refractivity contribution in [2.45, 2.75) is 58.4 Å². The molecule has 0 aromatic heterocycles. The topological polar surface area (TPSA) is 75.4 Å². The summed E-state index contributed by atoms with van der Waals surface area (Å²) in [5, 5.41) is 3.23. The molecule has 0 aromatic carbocycles. The molecule has 1 aliphatic carbocycles. The van der Waals surface area contributed by atoms with Gasteiger partial charge in [-0.25, -0.2) is 0 Å². The first-order chi connectivity index (χ1) is 10.5. The highest BCUT2D eigenvalue weighted by molar-refractivity contribution is 5.81. The van der Waals surface area contributed by atoms with Gasteiger partial charge in [-0.1, -0.05) is 26.7 Å². The van der Waals surface area contributed by atoms with Crippen molar-refractivity contribution in [3.8, 4) is 0 Å². The minimum atomic E-state index is 0.0397. The van der Waals surface area contributed by atoms with Gasteiger partial charge in [-0.15, -0.1) is 0 Å². The standard InChI is InChI=1S/C17H31N3O2/c1-12(2)17(22)20-9-7-13(8-10-20)16(21)19-15-6-4-3-5-14(15)11-18/h12-15H,3-11,18H2,1-2H3,(H,19,21). The van der Waals surface area contributed by atoms with Crippen molar-refractivity contribution in [3.05, 3.63) is 0 Å². The number of carbonyl (C=O) groups is 2. The van der Waals surface area contributed by atoms with Gasteiger partial charge >= 0.3 is 0 Å². The van der Waals surface area contributed by atoms with E-state index >= 15 is 0 Å². The SMILES string of the molecule is CC(C)C(=O)N1CCC(C(=O)NC2CCCCC2CN)CC1. The van der Waals surface area contributed by atoms with E-state index in [9.17, 15) is 9.59 Å². The summed E-state index contributed by atoms with van der Waals surface area (Å²) in [4.78, 5) is 26.4. The maximum atomic E-state index is 12.5. The highest BCUT2D eigenvalue weighted by Gasteiger charge is 2.31. The summed E-state index contributed by atoms with van der Waals surface area (Å²) >= 11 is 0. The van der Waals surface area contributed by atoms with Gasteiger partial charge in [0.25, 0.3) is 0 Å². The molecule has 1 aliphatic heterocycles. The summed E-state index contributed by atoms with van der Waals surface area (Å²) < 4.78 is 0. The van der Waals surface area contributed by atoms with E-state index in [1.54, 1.807) is 0 Å². The summed E-state index contributed by atoms with van der Waals surface area (Å²) in [5.41, 5.74) is 5.83. The zero-order chi connectivity index (χ0) is 16.1. The maximum Gasteiger partial charge on any atom is 0.225 e. The van der Waals surface area contributed by atoms with Crippen LogP contribution in [0.25, 0.3) is 0 Å². The first-order valence-electron chi connectivity index (χ1n) is 8.82. The molecule has 3 N–H and O–H groups in total. The van der Waals surface area contributed by atoms with E-state index in [1.165, 1.54) is 12.8 Å². The summed E-state index contributed by atoms with van der Waals surface area (Å²) in [7, 11) is 0. The van der Waals surface area contributed by atoms with Gasteiger partial charge in [0.05, 0.1) is 0 Å². The molecular formula is C17H31N3O2. The number of amides is 2. The third kappa shape index (κ3) is 4.22. The molecule has 2 rings (SSSR count). The van der Waals surface area contributed by atoms with Gasteiger partial charge in [-0.3, -0.25) is 9.59 Å². The van der Waals surface area contributed by atoms with E-state index in [1.807, 2.05) is 18.7 Å². The summed E-state index contributed by atoms with van der Waals surface area (Å²) in [5.74, 6) is 0.895. The Kier molecular flexibility index (Phi) is 6.24. The fraction of sp³-hybridized carbons (Fsp3) is 0.882. The minimum absolute atomic E-state index is 0.0397. The lowest BCUT2D eigenvalue weighted by atomic mass is 9.84. The van der Waals surface area contributed by atoms with E-state index in [2.05, 4.69) is 5.32 Å². The van der Waals surface area contributed by atoms with Gasteiger partial charge in [0.1, 0.15) is 0 Å². The van der Waals surface area contributed by atoms with Gasteiger partial charge in [-0.2, -0.15) is 0 Å². The number of piperidine rings is 1. The van der Waals surface area contributed by atoms with Crippen molar-refractivity contribution in [1.82, 2.24) is 10.2 Å². The summed E-state index contributed by atoms with van der Waals surface area (Å²) in [6.07, 6.45) is 6.16. The van der Waals surface area contributed by atoms with Crippen LogP contribution >= 0.6 is 0 Å². The molecule has 1 saturated carbocycles. The molecule has 0 spiro atoms. The van der Waals surface area contributed by atoms with Gasteiger partial charge in [0, 0.05) is 31.0 Å². The Morgan fingerprint density at radius 3 is 2.36 bits per heavy atom. The molecule has 1 saturated heterocycles. The predicted octanol–water partition coefficient (Wildman–Crippen LogP) is 1.51. The molecule has 0 aromatic rings. The molecule has 2 aliphatic rings. The number of likely N-dealkylation sites (tertiary alicyclic amines) is 1. The molecule has 2 atom stereocenters. The number of rotatable bonds is 4. The first-order valence-corrected chi connectivity index (χ1v) is 8.82. The zero-order valence-corrected chi connectivity index (χ0v) is 14.0. The molecule has 0 bridgehead atoms. The smallest absolute Gasteiger partial charge is 0.225 e. The molecule has 126 valence electrons. The summed E-state index contributed by atoms with van der Waals surface area (Å²) in [6.45, 7) is 5.93. The second-order valence-corrected chi connectivity index (χ2v) is 7.15. The molecule has 5 nitrogen and oxygen atoms in total.